The van der Waals surface area contributed by atoms with Crippen LogP contribution in [0.2, 0.25) is 5.02 Å². The molecule has 0 bridgehead atoms. The van der Waals surface area contributed by atoms with Crippen LogP contribution in [0.15, 0.2) is 46.8 Å². The molecule has 3 aromatic rings. The van der Waals surface area contributed by atoms with Gasteiger partial charge in [-0.3, -0.25) is 4.79 Å². The number of nitriles is 1. The number of hydrogen-bond donors (Lipinski definition) is 1. The van der Waals surface area contributed by atoms with Crippen molar-refractivity contribution in [2.45, 2.75) is 37.5 Å². The van der Waals surface area contributed by atoms with Crippen molar-refractivity contribution < 1.29 is 4.79 Å². The molecule has 30 heavy (non-hydrogen) atoms. The van der Waals surface area contributed by atoms with E-state index in [1.54, 1.807) is 19.1 Å². The van der Waals surface area contributed by atoms with Crippen LogP contribution in [0.5, 0.6) is 0 Å². The first-order chi connectivity index (χ1) is 14.4. The topological polar surface area (TPSA) is 78.7 Å². The Morgan fingerprint density at radius 2 is 2.00 bits per heavy atom. The fraction of sp³-hybridized carbons (Fsp3) is 0.273. The van der Waals surface area contributed by atoms with E-state index in [1.807, 2.05) is 29.6 Å². The van der Waals surface area contributed by atoms with Crippen molar-refractivity contribution in [1.29, 1.82) is 5.26 Å². The minimum Gasteiger partial charge on any atom is -0.301 e. The van der Waals surface area contributed by atoms with E-state index in [0.29, 0.717) is 26.7 Å². The number of aromatic nitrogens is 2. The second kappa shape index (κ2) is 10.1. The predicted molar refractivity (Wildman–Crippen MR) is 124 cm³/mol. The number of halogens is 1. The maximum atomic E-state index is 12.7. The molecule has 3 rings (SSSR count). The summed E-state index contributed by atoms with van der Waals surface area (Å²) in [5.74, 6) is 0.265. The van der Waals surface area contributed by atoms with Crippen LogP contribution in [0.25, 0.3) is 11.3 Å². The highest BCUT2D eigenvalue weighted by molar-refractivity contribution is 8.00. The Bertz CT molecular complexity index is 1090. The fourth-order valence-electron chi connectivity index (χ4n) is 2.74. The summed E-state index contributed by atoms with van der Waals surface area (Å²) < 4.78 is 0. The molecule has 8 heteroatoms. The van der Waals surface area contributed by atoms with Gasteiger partial charge in [0.05, 0.1) is 16.5 Å². The van der Waals surface area contributed by atoms with Crippen molar-refractivity contribution in [3.8, 4) is 17.3 Å². The molecule has 1 unspecified atom stereocenters. The highest BCUT2D eigenvalue weighted by Crippen LogP contribution is 2.31. The van der Waals surface area contributed by atoms with Gasteiger partial charge < -0.3 is 5.32 Å². The Morgan fingerprint density at radius 1 is 1.23 bits per heavy atom. The zero-order valence-corrected chi connectivity index (χ0v) is 19.2. The average Bonchev–Trinajstić information content (AvgIpc) is 3.16. The molecule has 0 aliphatic rings. The molecule has 0 spiro atoms. The normalized spacial score (nSPS) is 11.9. The first kappa shape index (κ1) is 22.3. The Labute approximate surface area is 189 Å². The van der Waals surface area contributed by atoms with Gasteiger partial charge in [0, 0.05) is 21.7 Å². The van der Waals surface area contributed by atoms with Crippen LogP contribution in [-0.2, 0) is 11.2 Å². The molecule has 0 aliphatic carbocycles. The van der Waals surface area contributed by atoms with Gasteiger partial charge in [-0.15, -0.1) is 11.3 Å². The van der Waals surface area contributed by atoms with Crippen molar-refractivity contribution in [2.24, 2.45) is 5.92 Å². The molecule has 1 aromatic carbocycles. The van der Waals surface area contributed by atoms with Crippen LogP contribution in [0.1, 0.15) is 32.0 Å². The van der Waals surface area contributed by atoms with Gasteiger partial charge in [-0.05, 0) is 37.5 Å². The van der Waals surface area contributed by atoms with Crippen LogP contribution in [0.3, 0.4) is 0 Å². The zero-order chi connectivity index (χ0) is 21.7. The molecule has 1 atom stereocenters. The number of rotatable bonds is 7. The van der Waals surface area contributed by atoms with Crippen molar-refractivity contribution >= 4 is 45.7 Å². The number of nitrogens with zero attached hydrogens (tertiary/aromatic N) is 3. The Hall–Kier alpha value is -2.40. The maximum absolute atomic E-state index is 12.7. The molecule has 2 aromatic heterocycles. The Balaban J connectivity index is 1.70. The number of anilines is 1. The average molecular weight is 457 g/mol. The number of carbonyl (C=O) groups is 1. The smallest absolute Gasteiger partial charge is 0.239 e. The highest BCUT2D eigenvalue weighted by Gasteiger charge is 2.19. The molecule has 1 amide bonds. The van der Waals surface area contributed by atoms with Gasteiger partial charge in [-0.1, -0.05) is 55.4 Å². The van der Waals surface area contributed by atoms with Crippen LogP contribution in [0.4, 0.5) is 5.13 Å². The zero-order valence-electron chi connectivity index (χ0n) is 16.8. The van der Waals surface area contributed by atoms with E-state index in [1.165, 1.54) is 23.1 Å². The van der Waals surface area contributed by atoms with Gasteiger partial charge in [0.15, 0.2) is 5.13 Å². The highest BCUT2D eigenvalue weighted by atomic mass is 35.5. The molecular formula is C22H21ClN4OS2. The molecule has 0 saturated carbocycles. The van der Waals surface area contributed by atoms with E-state index in [-0.39, 0.29) is 5.91 Å². The van der Waals surface area contributed by atoms with Crippen LogP contribution >= 0.6 is 34.7 Å². The number of hydrogen-bond acceptors (Lipinski definition) is 6. The van der Waals surface area contributed by atoms with E-state index in [0.717, 1.165) is 23.4 Å². The summed E-state index contributed by atoms with van der Waals surface area (Å²) in [7, 11) is 0. The summed E-state index contributed by atoms with van der Waals surface area (Å²) in [6.07, 6.45) is 0.823. The number of carbonyl (C=O) groups excluding carboxylic acids is 1. The van der Waals surface area contributed by atoms with E-state index in [4.69, 9.17) is 11.6 Å². The number of thioether (sulfide) groups is 1. The Kier molecular flexibility index (Phi) is 7.48. The van der Waals surface area contributed by atoms with Gasteiger partial charge in [0.25, 0.3) is 0 Å². The summed E-state index contributed by atoms with van der Waals surface area (Å²) in [4.78, 5) is 21.8. The lowest BCUT2D eigenvalue weighted by molar-refractivity contribution is -0.115. The molecule has 2 heterocycles. The molecule has 0 fully saturated rings. The number of thiazole rings is 1. The minimum atomic E-state index is -0.438. The van der Waals surface area contributed by atoms with Crippen molar-refractivity contribution in [1.82, 2.24) is 9.97 Å². The van der Waals surface area contributed by atoms with Crippen molar-refractivity contribution in [2.75, 3.05) is 5.32 Å². The van der Waals surface area contributed by atoms with Crippen LogP contribution in [-0.4, -0.2) is 21.1 Å². The van der Waals surface area contributed by atoms with Crippen LogP contribution < -0.4 is 5.32 Å². The molecule has 0 radical (unpaired) electrons. The van der Waals surface area contributed by atoms with Gasteiger partial charge in [0.2, 0.25) is 5.91 Å². The standard InChI is InChI=1S/C22H21ClN4OS2/c1-13(2)10-16-9-8-15(11-24)21(25-16)30-14(3)20(28)27-22-26-19(12-29-22)17-6-4-5-7-18(17)23/h4-9,12-14H,10H2,1-3H3,(H,26,27,28). The maximum Gasteiger partial charge on any atom is 0.239 e. The van der Waals surface area contributed by atoms with E-state index in [9.17, 15) is 10.1 Å². The number of pyridine rings is 1. The SMILES string of the molecule is CC(C)Cc1ccc(C#N)c(SC(C)C(=O)Nc2nc(-c3ccccc3Cl)cs2)n1. The van der Waals surface area contributed by atoms with Crippen molar-refractivity contribution in [3.05, 3.63) is 58.1 Å². The van der Waals surface area contributed by atoms with Gasteiger partial charge in [-0.2, -0.15) is 5.26 Å². The first-order valence-electron chi connectivity index (χ1n) is 9.45. The molecule has 154 valence electrons. The second-order valence-corrected chi connectivity index (χ2v) is 9.73. The third-order valence-electron chi connectivity index (χ3n) is 4.20. The van der Waals surface area contributed by atoms with E-state index >= 15 is 0 Å². The predicted octanol–water partition coefficient (Wildman–Crippen LogP) is 6.05. The second-order valence-electron chi connectivity index (χ2n) is 7.13. The number of benzene rings is 1. The molecule has 1 N–H and O–H groups in total. The lowest BCUT2D eigenvalue weighted by Gasteiger charge is -2.12. The third kappa shape index (κ3) is 5.60. The minimum absolute atomic E-state index is 0.194. The number of amides is 1. The molecule has 0 saturated heterocycles. The fourth-order valence-corrected chi connectivity index (χ4v) is 4.59. The summed E-state index contributed by atoms with van der Waals surface area (Å²) >= 11 is 8.85. The summed E-state index contributed by atoms with van der Waals surface area (Å²) in [6, 6.07) is 13.3. The van der Waals surface area contributed by atoms with Gasteiger partial charge in [-0.25, -0.2) is 9.97 Å². The molecule has 5 nitrogen and oxygen atoms in total. The number of nitrogens with one attached hydrogen (secondary N) is 1. The van der Waals surface area contributed by atoms with Gasteiger partial charge in [0.1, 0.15) is 11.1 Å². The summed E-state index contributed by atoms with van der Waals surface area (Å²) in [5.41, 5.74) is 2.94. The Morgan fingerprint density at radius 3 is 2.70 bits per heavy atom. The summed E-state index contributed by atoms with van der Waals surface area (Å²) in [6.45, 7) is 6.03. The monoisotopic (exact) mass is 456 g/mol. The van der Waals surface area contributed by atoms with E-state index in [2.05, 4.69) is 35.2 Å². The largest absolute Gasteiger partial charge is 0.301 e. The van der Waals surface area contributed by atoms with Gasteiger partial charge >= 0.3 is 0 Å². The molecular weight excluding hydrogens is 436 g/mol. The summed E-state index contributed by atoms with van der Waals surface area (Å²) in [5, 5.41) is 15.4. The van der Waals surface area contributed by atoms with Crippen LogP contribution in [0, 0.1) is 17.2 Å². The first-order valence-corrected chi connectivity index (χ1v) is 11.6. The van der Waals surface area contributed by atoms with E-state index < -0.39 is 5.25 Å². The van der Waals surface area contributed by atoms with Crippen molar-refractivity contribution in [3.63, 3.8) is 0 Å². The quantitative estimate of drug-likeness (QED) is 0.438. The third-order valence-corrected chi connectivity index (χ3v) is 6.39. The lowest BCUT2D eigenvalue weighted by atomic mass is 10.1. The molecule has 0 aliphatic heterocycles. The lowest BCUT2D eigenvalue weighted by Crippen LogP contribution is -2.22.